The lowest BCUT2D eigenvalue weighted by Gasteiger charge is -2.48. The van der Waals surface area contributed by atoms with Gasteiger partial charge in [0.25, 0.3) is 0 Å². The highest BCUT2D eigenvalue weighted by molar-refractivity contribution is 6.33. The van der Waals surface area contributed by atoms with E-state index in [1.807, 2.05) is 64.9 Å². The molecule has 33 heavy (non-hydrogen) atoms. The van der Waals surface area contributed by atoms with E-state index in [4.69, 9.17) is 33.9 Å². The van der Waals surface area contributed by atoms with Crippen LogP contribution >= 0.6 is 23.2 Å². The number of carbonyl (C=O) groups is 1. The van der Waals surface area contributed by atoms with E-state index in [0.717, 1.165) is 16.8 Å². The first kappa shape index (κ1) is 21.6. The van der Waals surface area contributed by atoms with Crippen molar-refractivity contribution in [2.75, 3.05) is 24.5 Å². The minimum atomic E-state index is -0.789. The summed E-state index contributed by atoms with van der Waals surface area (Å²) in [5.41, 5.74) is 7.94. The number of carbonyl (C=O) groups excluding carboxylic acids is 1. The molecule has 0 radical (unpaired) electrons. The van der Waals surface area contributed by atoms with Gasteiger partial charge in [0.2, 0.25) is 5.91 Å². The number of benzene rings is 2. The van der Waals surface area contributed by atoms with Crippen LogP contribution in [0.1, 0.15) is 6.92 Å². The summed E-state index contributed by atoms with van der Waals surface area (Å²) < 4.78 is 1.98. The Morgan fingerprint density at radius 2 is 1.88 bits per heavy atom. The topological polar surface area (TPSA) is 102 Å². The molecule has 2 aromatic heterocycles. The molecule has 0 bridgehead atoms. The Kier molecular flexibility index (Phi) is 5.44. The van der Waals surface area contributed by atoms with Crippen molar-refractivity contribution in [1.29, 1.82) is 0 Å². The van der Waals surface area contributed by atoms with E-state index in [1.165, 1.54) is 0 Å². The summed E-state index contributed by atoms with van der Waals surface area (Å²) in [4.78, 5) is 19.0. The summed E-state index contributed by atoms with van der Waals surface area (Å²) >= 11 is 12.7. The maximum absolute atomic E-state index is 12.1. The predicted octanol–water partition coefficient (Wildman–Crippen LogP) is 3.44. The smallest absolute Gasteiger partial charge is 0.241 e. The molecule has 1 aliphatic heterocycles. The van der Waals surface area contributed by atoms with E-state index >= 15 is 0 Å². The molecule has 10 heteroatoms. The fraction of sp³-hybridized carbons (Fsp3) is 0.217. The highest BCUT2D eigenvalue weighted by atomic mass is 35.5. The van der Waals surface area contributed by atoms with Gasteiger partial charge < -0.3 is 16.0 Å². The van der Waals surface area contributed by atoms with Gasteiger partial charge in [-0.1, -0.05) is 42.3 Å². The van der Waals surface area contributed by atoms with Crippen LogP contribution in [-0.2, 0) is 4.79 Å². The molecule has 1 amide bonds. The summed E-state index contributed by atoms with van der Waals surface area (Å²) in [6.45, 7) is 3.35. The number of rotatable bonds is 6. The zero-order valence-corrected chi connectivity index (χ0v) is 19.3. The summed E-state index contributed by atoms with van der Waals surface area (Å²) in [5.74, 6) is 0.856. The molecule has 0 atom stereocenters. The number of hydrogen-bond donors (Lipinski definition) is 2. The van der Waals surface area contributed by atoms with Crippen molar-refractivity contribution in [3.63, 3.8) is 0 Å². The van der Waals surface area contributed by atoms with Crippen LogP contribution < -0.4 is 16.0 Å². The fourth-order valence-corrected chi connectivity index (χ4v) is 4.58. The van der Waals surface area contributed by atoms with Crippen molar-refractivity contribution in [2.45, 2.75) is 12.5 Å². The third kappa shape index (κ3) is 3.60. The lowest BCUT2D eigenvalue weighted by Crippen LogP contribution is -2.75. The first-order valence-corrected chi connectivity index (χ1v) is 11.2. The minimum Gasteiger partial charge on any atom is -0.368 e. The molecule has 5 rings (SSSR count). The molecule has 8 nitrogen and oxygen atoms in total. The number of amides is 1. The van der Waals surface area contributed by atoms with Crippen LogP contribution in [0.4, 0.5) is 5.82 Å². The molecule has 2 aromatic carbocycles. The van der Waals surface area contributed by atoms with Gasteiger partial charge in [0, 0.05) is 29.4 Å². The number of hydrogen-bond acceptors (Lipinski definition) is 6. The van der Waals surface area contributed by atoms with Gasteiger partial charge in [-0.25, -0.2) is 4.98 Å². The Balaban J connectivity index is 1.68. The number of halogens is 2. The van der Waals surface area contributed by atoms with E-state index in [9.17, 15) is 4.79 Å². The fourth-order valence-electron chi connectivity index (χ4n) is 4.24. The van der Waals surface area contributed by atoms with Crippen LogP contribution in [0.25, 0.3) is 28.1 Å². The first-order chi connectivity index (χ1) is 15.9. The van der Waals surface area contributed by atoms with Crippen LogP contribution in [0.5, 0.6) is 0 Å². The van der Waals surface area contributed by atoms with Gasteiger partial charge in [0.15, 0.2) is 5.82 Å². The van der Waals surface area contributed by atoms with Crippen LogP contribution in [0.3, 0.4) is 0 Å². The maximum Gasteiger partial charge on any atom is 0.241 e. The average Bonchev–Trinajstić information content (AvgIpc) is 3.16. The number of imidazole rings is 1. The lowest BCUT2D eigenvalue weighted by atomic mass is 9.88. The molecule has 1 aliphatic rings. The Bertz CT molecular complexity index is 1350. The molecule has 3 heterocycles. The van der Waals surface area contributed by atoms with Crippen molar-refractivity contribution in [2.24, 2.45) is 5.73 Å². The molecular weight excluding hydrogens is 461 g/mol. The maximum atomic E-state index is 12.1. The standard InChI is InChI=1S/C23H21Cl2N7O/c1-2-27-23(22(26)33)12-31(13-23)21-19-18(11-28-30-21)32(15-9-7-14(24)8-10-15)20(29-19)16-5-3-4-6-17(16)25/h3-11,27H,2,12-13H2,1H3,(H2,26,33). The highest BCUT2D eigenvalue weighted by Gasteiger charge is 2.48. The summed E-state index contributed by atoms with van der Waals surface area (Å²) in [6.07, 6.45) is 1.67. The average molecular weight is 482 g/mol. The van der Waals surface area contributed by atoms with Gasteiger partial charge in [-0.3, -0.25) is 9.36 Å². The number of likely N-dealkylation sites (N-methyl/N-ethyl adjacent to an activating group) is 1. The van der Waals surface area contributed by atoms with E-state index in [0.29, 0.717) is 46.8 Å². The minimum absolute atomic E-state index is 0.385. The lowest BCUT2D eigenvalue weighted by molar-refractivity contribution is -0.125. The molecular formula is C23H21Cl2N7O. The Labute approximate surface area is 200 Å². The molecule has 1 saturated heterocycles. The monoisotopic (exact) mass is 481 g/mol. The zero-order chi connectivity index (χ0) is 23.2. The quantitative estimate of drug-likeness (QED) is 0.437. The molecule has 3 N–H and O–H groups in total. The Hall–Kier alpha value is -3.20. The van der Waals surface area contributed by atoms with Gasteiger partial charge in [0.05, 0.1) is 16.7 Å². The van der Waals surface area contributed by atoms with Crippen LogP contribution in [-0.4, -0.2) is 50.8 Å². The molecule has 0 spiro atoms. The number of fused-ring (bicyclic) bond motifs is 1. The normalized spacial score (nSPS) is 14.9. The largest absolute Gasteiger partial charge is 0.368 e. The molecule has 0 saturated carbocycles. The van der Waals surface area contributed by atoms with Crippen molar-refractivity contribution in [3.05, 3.63) is 64.8 Å². The molecule has 0 unspecified atom stereocenters. The summed E-state index contributed by atoms with van der Waals surface area (Å²) in [7, 11) is 0. The summed E-state index contributed by atoms with van der Waals surface area (Å²) in [6, 6.07) is 15.0. The van der Waals surface area contributed by atoms with Crippen molar-refractivity contribution >= 4 is 46.0 Å². The second-order valence-electron chi connectivity index (χ2n) is 7.96. The van der Waals surface area contributed by atoms with Gasteiger partial charge in [-0.15, -0.1) is 5.10 Å². The van der Waals surface area contributed by atoms with E-state index in [2.05, 4.69) is 15.5 Å². The molecule has 1 fully saturated rings. The van der Waals surface area contributed by atoms with Crippen molar-refractivity contribution in [3.8, 4) is 17.1 Å². The van der Waals surface area contributed by atoms with Gasteiger partial charge in [-0.05, 0) is 42.9 Å². The Morgan fingerprint density at radius 3 is 2.55 bits per heavy atom. The zero-order valence-electron chi connectivity index (χ0n) is 17.8. The predicted molar refractivity (Wildman–Crippen MR) is 130 cm³/mol. The number of anilines is 1. The molecule has 4 aromatic rings. The summed E-state index contributed by atoms with van der Waals surface area (Å²) in [5, 5.41) is 13.0. The number of nitrogens with one attached hydrogen (secondary N) is 1. The van der Waals surface area contributed by atoms with E-state index in [-0.39, 0.29) is 5.91 Å². The second-order valence-corrected chi connectivity index (χ2v) is 8.81. The van der Waals surface area contributed by atoms with Crippen LogP contribution in [0.2, 0.25) is 10.0 Å². The van der Waals surface area contributed by atoms with E-state index < -0.39 is 5.54 Å². The van der Waals surface area contributed by atoms with Crippen molar-refractivity contribution in [1.82, 2.24) is 25.1 Å². The SMILES string of the molecule is CCNC1(C(N)=O)CN(c2nncc3c2nc(-c2ccccc2Cl)n3-c2ccc(Cl)cc2)C1. The van der Waals surface area contributed by atoms with E-state index in [1.54, 1.807) is 6.20 Å². The van der Waals surface area contributed by atoms with Crippen molar-refractivity contribution < 1.29 is 4.79 Å². The van der Waals surface area contributed by atoms with Gasteiger partial charge in [0.1, 0.15) is 16.9 Å². The highest BCUT2D eigenvalue weighted by Crippen LogP contribution is 2.37. The number of aromatic nitrogens is 4. The molecule has 0 aliphatic carbocycles. The third-order valence-electron chi connectivity index (χ3n) is 5.86. The van der Waals surface area contributed by atoms with Crippen LogP contribution in [0.15, 0.2) is 54.7 Å². The Morgan fingerprint density at radius 1 is 1.15 bits per heavy atom. The third-order valence-corrected chi connectivity index (χ3v) is 6.45. The van der Waals surface area contributed by atoms with Crippen LogP contribution in [0, 0.1) is 0 Å². The number of nitrogens with zero attached hydrogens (tertiary/aromatic N) is 5. The van der Waals surface area contributed by atoms with Gasteiger partial charge in [-0.2, -0.15) is 5.10 Å². The van der Waals surface area contributed by atoms with Gasteiger partial charge >= 0.3 is 0 Å². The molecule has 168 valence electrons. The first-order valence-electron chi connectivity index (χ1n) is 10.5. The second kappa shape index (κ2) is 8.30. The number of primary amides is 1. The number of nitrogens with two attached hydrogens (primary N) is 1.